The second-order valence-electron chi connectivity index (χ2n) is 8.76. The smallest absolute Gasteiger partial charge is 0.331 e. The summed E-state index contributed by atoms with van der Waals surface area (Å²) in [5.74, 6) is -2.94. The van der Waals surface area contributed by atoms with E-state index in [-0.39, 0.29) is 28.1 Å². The van der Waals surface area contributed by atoms with E-state index in [4.69, 9.17) is 4.74 Å². The van der Waals surface area contributed by atoms with Crippen molar-refractivity contribution in [2.75, 3.05) is 0 Å². The van der Waals surface area contributed by atoms with Gasteiger partial charge in [-0.1, -0.05) is 20.8 Å². The number of thiocyanates is 1. The van der Waals surface area contributed by atoms with E-state index < -0.39 is 22.7 Å². The first kappa shape index (κ1) is 23.0. The highest BCUT2D eigenvalue weighted by Crippen LogP contribution is 2.66. The Morgan fingerprint density at radius 1 is 1.14 bits per heavy atom. The molecule has 2 rings (SSSR count). The summed E-state index contributed by atoms with van der Waals surface area (Å²) in [6, 6.07) is 0. The van der Waals surface area contributed by atoms with Gasteiger partial charge in [0.2, 0.25) is 0 Å². The van der Waals surface area contributed by atoms with Crippen LogP contribution in [0.5, 0.6) is 0 Å². The van der Waals surface area contributed by atoms with Crippen molar-refractivity contribution in [2.45, 2.75) is 64.7 Å². The number of carbonyl (C=O) groups is 3. The highest BCUT2D eigenvalue weighted by Gasteiger charge is 2.63. The Bertz CT molecular complexity index is 807. The Morgan fingerprint density at radius 3 is 2.00 bits per heavy atom. The Hall–Kier alpha value is -2.27. The number of thioether (sulfide) groups is 1. The summed E-state index contributed by atoms with van der Waals surface area (Å²) in [6.45, 7) is 8.99. The van der Waals surface area contributed by atoms with Crippen LogP contribution in [0.15, 0.2) is 23.3 Å². The van der Waals surface area contributed by atoms with Crippen molar-refractivity contribution in [1.82, 2.24) is 0 Å². The van der Waals surface area contributed by atoms with E-state index in [0.29, 0.717) is 24.1 Å². The first-order chi connectivity index (χ1) is 13.3. The molecule has 0 saturated heterocycles. The molecule has 2 aliphatic rings. The standard InChI is InChI=1S/C21H27NO6S/c1-12(16(23)24)9-21(29-11-22,10-13(2)17(25)26)18(27)28-15-8-14-6-7-20(15,5)19(14,3)4/h9-10,14-15H,6-8H2,1-5H3,(H,23,24)(H,25,26)/t14-,15?,20-,21?/m1/s1. The van der Waals surface area contributed by atoms with E-state index in [1.807, 2.05) is 0 Å². The third-order valence-electron chi connectivity index (χ3n) is 7.03. The third-order valence-corrected chi connectivity index (χ3v) is 7.86. The molecule has 7 nitrogen and oxygen atoms in total. The van der Waals surface area contributed by atoms with Gasteiger partial charge in [0.05, 0.1) is 0 Å². The van der Waals surface area contributed by atoms with Gasteiger partial charge < -0.3 is 14.9 Å². The molecule has 2 N–H and O–H groups in total. The van der Waals surface area contributed by atoms with E-state index in [1.54, 1.807) is 5.40 Å². The van der Waals surface area contributed by atoms with Crippen LogP contribution >= 0.6 is 11.8 Å². The Kier molecular flexibility index (Phi) is 6.24. The van der Waals surface area contributed by atoms with E-state index >= 15 is 0 Å². The molecule has 29 heavy (non-hydrogen) atoms. The Labute approximate surface area is 174 Å². The van der Waals surface area contributed by atoms with Crippen LogP contribution in [0.2, 0.25) is 0 Å². The van der Waals surface area contributed by atoms with Crippen LogP contribution in [-0.2, 0) is 19.1 Å². The summed E-state index contributed by atoms with van der Waals surface area (Å²) in [5.41, 5.74) is -0.604. The summed E-state index contributed by atoms with van der Waals surface area (Å²) in [5, 5.41) is 29.6. The van der Waals surface area contributed by atoms with Gasteiger partial charge in [-0.15, -0.1) is 0 Å². The first-order valence-electron chi connectivity index (χ1n) is 9.44. The molecule has 2 aliphatic carbocycles. The summed E-state index contributed by atoms with van der Waals surface area (Å²) in [7, 11) is 0. The minimum atomic E-state index is -1.86. The summed E-state index contributed by atoms with van der Waals surface area (Å²) >= 11 is 0.477. The molecule has 2 saturated carbocycles. The number of hydrogen-bond acceptors (Lipinski definition) is 6. The fourth-order valence-corrected chi connectivity index (χ4v) is 5.39. The number of carboxylic acid groups (broad SMARTS) is 2. The van der Waals surface area contributed by atoms with Gasteiger partial charge in [0, 0.05) is 16.6 Å². The van der Waals surface area contributed by atoms with Gasteiger partial charge in [0.15, 0.2) is 4.75 Å². The quantitative estimate of drug-likeness (QED) is 0.362. The first-order valence-corrected chi connectivity index (χ1v) is 10.3. The number of nitriles is 1. The number of hydrogen-bond donors (Lipinski definition) is 2. The van der Waals surface area contributed by atoms with Crippen molar-refractivity contribution in [1.29, 1.82) is 5.26 Å². The van der Waals surface area contributed by atoms with Crippen LogP contribution in [0.1, 0.15) is 53.9 Å². The Balaban J connectivity index is 2.48. The van der Waals surface area contributed by atoms with Crippen molar-refractivity contribution >= 4 is 29.7 Å². The van der Waals surface area contributed by atoms with E-state index in [2.05, 4.69) is 20.8 Å². The minimum Gasteiger partial charge on any atom is -0.478 e. The normalized spacial score (nSPS) is 30.3. The molecule has 2 bridgehead atoms. The highest BCUT2D eigenvalue weighted by molar-refractivity contribution is 8.06. The number of esters is 1. The number of ether oxygens (including phenoxy) is 1. The zero-order valence-electron chi connectivity index (χ0n) is 17.3. The van der Waals surface area contributed by atoms with Crippen LogP contribution in [0.4, 0.5) is 0 Å². The lowest BCUT2D eigenvalue weighted by Gasteiger charge is -2.39. The molecule has 3 atom stereocenters. The van der Waals surface area contributed by atoms with Crippen LogP contribution in [0.25, 0.3) is 0 Å². The minimum absolute atomic E-state index is 0.0113. The number of carbonyl (C=O) groups excluding carboxylic acids is 1. The molecule has 8 heteroatoms. The highest BCUT2D eigenvalue weighted by atomic mass is 32.2. The lowest BCUT2D eigenvalue weighted by molar-refractivity contribution is -0.157. The lowest BCUT2D eigenvalue weighted by atomic mass is 9.70. The number of carboxylic acids is 2. The van der Waals surface area contributed by atoms with Gasteiger partial charge >= 0.3 is 17.9 Å². The van der Waals surface area contributed by atoms with Crippen molar-refractivity contribution in [3.63, 3.8) is 0 Å². The van der Waals surface area contributed by atoms with E-state index in [9.17, 15) is 29.9 Å². The SMILES string of the molecule is CC(=CC(C=C(C)C(=O)O)(SC#N)C(=O)OC1C[C@H]2CC[C@@]1(C)C2(C)C)C(=O)O. The van der Waals surface area contributed by atoms with Crippen molar-refractivity contribution in [3.05, 3.63) is 23.3 Å². The number of aliphatic carboxylic acids is 2. The maximum absolute atomic E-state index is 13.3. The maximum Gasteiger partial charge on any atom is 0.331 e. The van der Waals surface area contributed by atoms with Crippen LogP contribution in [-0.4, -0.2) is 39.0 Å². The largest absolute Gasteiger partial charge is 0.478 e. The van der Waals surface area contributed by atoms with Crippen molar-refractivity contribution < 1.29 is 29.3 Å². The average molecular weight is 422 g/mol. The topological polar surface area (TPSA) is 125 Å². The van der Waals surface area contributed by atoms with Crippen LogP contribution in [0, 0.1) is 27.4 Å². The van der Waals surface area contributed by atoms with Gasteiger partial charge in [-0.05, 0) is 68.4 Å². The molecule has 158 valence electrons. The van der Waals surface area contributed by atoms with Gasteiger partial charge in [-0.25, -0.2) is 14.4 Å². The zero-order chi connectivity index (χ0) is 22.2. The molecule has 0 aliphatic heterocycles. The molecule has 0 aromatic rings. The molecular weight excluding hydrogens is 394 g/mol. The fraction of sp³-hybridized carbons (Fsp3) is 0.619. The van der Waals surface area contributed by atoms with Crippen molar-refractivity contribution in [2.24, 2.45) is 16.7 Å². The molecule has 0 heterocycles. The molecule has 2 fully saturated rings. The predicted molar refractivity (Wildman–Crippen MR) is 108 cm³/mol. The summed E-state index contributed by atoms with van der Waals surface area (Å²) in [6.07, 6.45) is 4.49. The van der Waals surface area contributed by atoms with Crippen LogP contribution in [0.3, 0.4) is 0 Å². The fourth-order valence-electron chi connectivity index (χ4n) is 4.63. The number of fused-ring (bicyclic) bond motifs is 2. The summed E-state index contributed by atoms with van der Waals surface area (Å²) < 4.78 is 4.02. The number of rotatable bonds is 7. The molecule has 1 unspecified atom stereocenters. The lowest BCUT2D eigenvalue weighted by Crippen LogP contribution is -2.43. The molecule has 0 radical (unpaired) electrons. The molecule has 0 spiro atoms. The van der Waals surface area contributed by atoms with Gasteiger partial charge in [0.1, 0.15) is 11.5 Å². The second kappa shape index (κ2) is 7.86. The monoisotopic (exact) mass is 421 g/mol. The zero-order valence-corrected chi connectivity index (χ0v) is 18.1. The summed E-state index contributed by atoms with van der Waals surface area (Å²) in [4.78, 5) is 36.0. The second-order valence-corrected chi connectivity index (χ2v) is 9.82. The molecular formula is C21H27NO6S. The van der Waals surface area contributed by atoms with E-state index in [1.165, 1.54) is 13.8 Å². The number of nitrogens with zero attached hydrogens (tertiary/aromatic N) is 1. The van der Waals surface area contributed by atoms with Gasteiger partial charge in [0.25, 0.3) is 0 Å². The van der Waals surface area contributed by atoms with E-state index in [0.717, 1.165) is 25.0 Å². The predicted octanol–water partition coefficient (Wildman–Crippen LogP) is 3.76. The third kappa shape index (κ3) is 3.93. The van der Waals surface area contributed by atoms with Crippen molar-refractivity contribution in [3.8, 4) is 5.40 Å². The average Bonchev–Trinajstić information content (AvgIpc) is 2.94. The molecule has 0 aromatic heterocycles. The van der Waals surface area contributed by atoms with Crippen LogP contribution < -0.4 is 0 Å². The van der Waals surface area contributed by atoms with Gasteiger partial charge in [-0.3, -0.25) is 0 Å². The maximum atomic E-state index is 13.3. The van der Waals surface area contributed by atoms with Gasteiger partial charge in [-0.2, -0.15) is 5.26 Å². The molecule has 0 amide bonds. The molecule has 0 aromatic carbocycles. The Morgan fingerprint density at radius 2 is 1.66 bits per heavy atom.